The van der Waals surface area contributed by atoms with Gasteiger partial charge < -0.3 is 16.4 Å². The average molecular weight is 354 g/mol. The zero-order valence-electron chi connectivity index (χ0n) is 17.3. The van der Waals surface area contributed by atoms with Crippen LogP contribution in [0.4, 0.5) is 11.4 Å². The summed E-state index contributed by atoms with van der Waals surface area (Å²) in [6.07, 6.45) is 1.95. The number of hydrogen-bond acceptors (Lipinski definition) is 3. The lowest BCUT2D eigenvalue weighted by molar-refractivity contribution is 0.599. The molecular formula is C23H35N3. The molecule has 2 aromatic carbocycles. The largest absolute Gasteiger partial charge is 0.385 e. The summed E-state index contributed by atoms with van der Waals surface area (Å²) in [5.41, 5.74) is 16.7. The molecule has 0 fully saturated rings. The zero-order chi connectivity index (χ0) is 19.3. The Balaban J connectivity index is 1.77. The topological polar surface area (TPSA) is 50.1 Å². The van der Waals surface area contributed by atoms with Crippen molar-refractivity contribution in [3.8, 4) is 0 Å². The monoisotopic (exact) mass is 353 g/mol. The van der Waals surface area contributed by atoms with Gasteiger partial charge in [-0.3, -0.25) is 0 Å². The van der Waals surface area contributed by atoms with E-state index in [-0.39, 0.29) is 6.04 Å². The predicted molar refractivity (Wildman–Crippen MR) is 115 cm³/mol. The molecule has 0 atom stereocenters. The molecule has 2 rings (SSSR count). The molecule has 3 heteroatoms. The second kappa shape index (κ2) is 9.09. The summed E-state index contributed by atoms with van der Waals surface area (Å²) in [7, 11) is 0. The number of hydrogen-bond donors (Lipinski definition) is 3. The first-order valence-electron chi connectivity index (χ1n) is 9.67. The van der Waals surface area contributed by atoms with Crippen molar-refractivity contribution in [1.29, 1.82) is 0 Å². The van der Waals surface area contributed by atoms with Gasteiger partial charge in [0.05, 0.1) is 0 Å². The van der Waals surface area contributed by atoms with Gasteiger partial charge in [-0.25, -0.2) is 0 Å². The molecule has 0 aliphatic carbocycles. The lowest BCUT2D eigenvalue weighted by Crippen LogP contribution is -2.26. The third kappa shape index (κ3) is 5.50. The number of benzene rings is 2. The highest BCUT2D eigenvalue weighted by atomic mass is 14.9. The minimum atomic E-state index is 0.201. The summed E-state index contributed by atoms with van der Waals surface area (Å²) in [6, 6.07) is 9.11. The SMILES string of the molecule is Cc1cc(C)c(NCCC(N)CCNc2c(C)cc(C)cc2C)c(C)c1. The lowest BCUT2D eigenvalue weighted by atomic mass is 10.0. The van der Waals surface area contributed by atoms with Crippen LogP contribution in [-0.4, -0.2) is 19.1 Å². The minimum Gasteiger partial charge on any atom is -0.385 e. The van der Waals surface area contributed by atoms with Crippen molar-refractivity contribution in [3.63, 3.8) is 0 Å². The van der Waals surface area contributed by atoms with E-state index in [0.29, 0.717) is 0 Å². The zero-order valence-corrected chi connectivity index (χ0v) is 17.3. The smallest absolute Gasteiger partial charge is 0.0399 e. The first-order valence-corrected chi connectivity index (χ1v) is 9.67. The maximum absolute atomic E-state index is 6.32. The molecule has 26 heavy (non-hydrogen) atoms. The van der Waals surface area contributed by atoms with Crippen molar-refractivity contribution < 1.29 is 0 Å². The Labute approximate surface area is 159 Å². The highest BCUT2D eigenvalue weighted by Gasteiger charge is 2.07. The Morgan fingerprint density at radius 2 is 0.962 bits per heavy atom. The van der Waals surface area contributed by atoms with Gasteiger partial charge in [0.15, 0.2) is 0 Å². The van der Waals surface area contributed by atoms with Crippen molar-refractivity contribution in [2.75, 3.05) is 23.7 Å². The van der Waals surface area contributed by atoms with Gasteiger partial charge in [-0.1, -0.05) is 35.4 Å². The first-order chi connectivity index (χ1) is 12.3. The molecule has 0 aromatic heterocycles. The van der Waals surface area contributed by atoms with Gasteiger partial charge in [0.2, 0.25) is 0 Å². The summed E-state index contributed by atoms with van der Waals surface area (Å²) >= 11 is 0. The first kappa shape index (κ1) is 20.3. The van der Waals surface area contributed by atoms with Crippen LogP contribution in [0.25, 0.3) is 0 Å². The molecule has 0 heterocycles. The number of nitrogens with one attached hydrogen (secondary N) is 2. The number of aryl methyl sites for hydroxylation is 6. The van der Waals surface area contributed by atoms with Crippen LogP contribution in [0.5, 0.6) is 0 Å². The summed E-state index contributed by atoms with van der Waals surface area (Å²) in [6.45, 7) is 14.8. The maximum atomic E-state index is 6.32. The summed E-state index contributed by atoms with van der Waals surface area (Å²) in [5, 5.41) is 7.14. The molecule has 0 bridgehead atoms. The molecule has 0 aliphatic rings. The van der Waals surface area contributed by atoms with Crippen molar-refractivity contribution in [2.24, 2.45) is 5.73 Å². The molecule has 0 amide bonds. The molecule has 0 spiro atoms. The van der Waals surface area contributed by atoms with Crippen molar-refractivity contribution >= 4 is 11.4 Å². The van der Waals surface area contributed by atoms with Gasteiger partial charge in [0.1, 0.15) is 0 Å². The molecule has 0 aliphatic heterocycles. The second-order valence-corrected chi connectivity index (χ2v) is 7.74. The summed E-state index contributed by atoms with van der Waals surface area (Å²) in [4.78, 5) is 0. The van der Waals surface area contributed by atoms with E-state index in [1.54, 1.807) is 0 Å². The summed E-state index contributed by atoms with van der Waals surface area (Å²) in [5.74, 6) is 0. The fraction of sp³-hybridized carbons (Fsp3) is 0.478. The number of nitrogens with two attached hydrogens (primary N) is 1. The van der Waals surface area contributed by atoms with Crippen LogP contribution in [0.3, 0.4) is 0 Å². The van der Waals surface area contributed by atoms with Crippen LogP contribution in [-0.2, 0) is 0 Å². The predicted octanol–water partition coefficient (Wildman–Crippen LogP) is 5.17. The standard InChI is InChI=1S/C23H35N3/c1-15-11-17(3)22(18(4)12-15)25-9-7-21(24)8-10-26-23-19(5)13-16(2)14-20(23)6/h11-14,21,25-26H,7-10,24H2,1-6H3. The van der Waals surface area contributed by atoms with E-state index >= 15 is 0 Å². The van der Waals surface area contributed by atoms with Crippen LogP contribution < -0.4 is 16.4 Å². The fourth-order valence-corrected chi connectivity index (χ4v) is 3.83. The van der Waals surface area contributed by atoms with Crippen molar-refractivity contribution in [3.05, 3.63) is 57.6 Å². The molecule has 142 valence electrons. The van der Waals surface area contributed by atoms with E-state index in [4.69, 9.17) is 5.73 Å². The number of anilines is 2. The molecule has 0 unspecified atom stereocenters. The molecule has 3 nitrogen and oxygen atoms in total. The van der Waals surface area contributed by atoms with E-state index in [2.05, 4.69) is 76.4 Å². The van der Waals surface area contributed by atoms with Crippen LogP contribution in [0.15, 0.2) is 24.3 Å². The average Bonchev–Trinajstić information content (AvgIpc) is 2.52. The summed E-state index contributed by atoms with van der Waals surface area (Å²) < 4.78 is 0. The van der Waals surface area contributed by atoms with E-state index in [1.165, 1.54) is 44.8 Å². The molecular weight excluding hydrogens is 318 g/mol. The molecule has 4 N–H and O–H groups in total. The quantitative estimate of drug-likeness (QED) is 0.614. The van der Waals surface area contributed by atoms with E-state index < -0.39 is 0 Å². The lowest BCUT2D eigenvalue weighted by Gasteiger charge is -2.18. The van der Waals surface area contributed by atoms with Gasteiger partial charge in [0, 0.05) is 30.5 Å². The third-order valence-corrected chi connectivity index (χ3v) is 4.99. The van der Waals surface area contributed by atoms with E-state index in [1.807, 2.05) is 0 Å². The van der Waals surface area contributed by atoms with E-state index in [9.17, 15) is 0 Å². The highest BCUT2D eigenvalue weighted by molar-refractivity contribution is 5.59. The molecule has 0 saturated carbocycles. The Morgan fingerprint density at radius 3 is 1.27 bits per heavy atom. The van der Waals surface area contributed by atoms with Gasteiger partial charge in [-0.15, -0.1) is 0 Å². The van der Waals surface area contributed by atoms with Gasteiger partial charge in [-0.2, -0.15) is 0 Å². The maximum Gasteiger partial charge on any atom is 0.0399 e. The van der Waals surface area contributed by atoms with E-state index in [0.717, 1.165) is 25.9 Å². The van der Waals surface area contributed by atoms with Gasteiger partial charge in [0.25, 0.3) is 0 Å². The van der Waals surface area contributed by atoms with Gasteiger partial charge in [-0.05, 0) is 76.6 Å². The molecule has 0 saturated heterocycles. The Kier molecular flexibility index (Phi) is 7.10. The molecule has 0 radical (unpaired) electrons. The normalized spacial score (nSPS) is 11.1. The van der Waals surface area contributed by atoms with Crippen LogP contribution >= 0.6 is 0 Å². The van der Waals surface area contributed by atoms with Crippen LogP contribution in [0.2, 0.25) is 0 Å². The molecule has 2 aromatic rings. The minimum absolute atomic E-state index is 0.201. The van der Waals surface area contributed by atoms with Crippen molar-refractivity contribution in [2.45, 2.75) is 60.4 Å². The van der Waals surface area contributed by atoms with Crippen molar-refractivity contribution in [1.82, 2.24) is 0 Å². The number of rotatable bonds is 8. The highest BCUT2D eigenvalue weighted by Crippen LogP contribution is 2.23. The Bertz CT molecular complexity index is 640. The second-order valence-electron chi connectivity index (χ2n) is 7.74. The van der Waals surface area contributed by atoms with Crippen LogP contribution in [0.1, 0.15) is 46.2 Å². The Morgan fingerprint density at radius 1 is 0.654 bits per heavy atom. The Hall–Kier alpha value is -2.00. The fourth-order valence-electron chi connectivity index (χ4n) is 3.83. The van der Waals surface area contributed by atoms with Gasteiger partial charge >= 0.3 is 0 Å². The third-order valence-electron chi connectivity index (χ3n) is 4.99. The van der Waals surface area contributed by atoms with Crippen LogP contribution in [0, 0.1) is 41.5 Å².